The van der Waals surface area contributed by atoms with Crippen molar-refractivity contribution in [2.75, 3.05) is 32.2 Å². The van der Waals surface area contributed by atoms with Crippen LogP contribution in [0.3, 0.4) is 0 Å². The van der Waals surface area contributed by atoms with Crippen LogP contribution in [0, 0.1) is 56.7 Å². The van der Waals surface area contributed by atoms with E-state index in [1.807, 2.05) is 0 Å². The first-order valence-corrected chi connectivity index (χ1v) is 20.6. The Bertz CT molecular complexity index is 1440. The molecule has 0 aromatic rings. The third-order valence-corrected chi connectivity index (χ3v) is 15.7. The summed E-state index contributed by atoms with van der Waals surface area (Å²) in [5, 5.41) is 16.4. The molecule has 1 heterocycles. The van der Waals surface area contributed by atoms with Crippen molar-refractivity contribution >= 4 is 35.5 Å². The second-order valence-corrected chi connectivity index (χ2v) is 18.9. The lowest BCUT2D eigenvalue weighted by atomic mass is 9.34. The second-order valence-electron chi connectivity index (χ2n) is 18.5. The summed E-state index contributed by atoms with van der Waals surface area (Å²) in [4.78, 5) is 51.4. The van der Waals surface area contributed by atoms with Crippen molar-refractivity contribution in [2.45, 2.75) is 131 Å². The molecular formula is C41H66ClN3O8. The first kappa shape index (κ1) is 41.8. The van der Waals surface area contributed by atoms with Crippen molar-refractivity contribution in [2.24, 2.45) is 62.4 Å². The molecule has 1 aliphatic heterocycles. The van der Waals surface area contributed by atoms with Gasteiger partial charge in [-0.15, -0.1) is 11.6 Å². The van der Waals surface area contributed by atoms with Crippen LogP contribution in [-0.4, -0.2) is 79.5 Å². The normalized spacial score (nSPS) is 40.0. The Morgan fingerprint density at radius 1 is 1.00 bits per heavy atom. The average Bonchev–Trinajstić information content (AvgIpc) is 3.08. The van der Waals surface area contributed by atoms with Crippen LogP contribution in [0.2, 0.25) is 0 Å². The van der Waals surface area contributed by atoms with Crippen molar-refractivity contribution in [3.63, 3.8) is 0 Å². The molecule has 11 nitrogen and oxygen atoms in total. The van der Waals surface area contributed by atoms with Gasteiger partial charge in [0.1, 0.15) is 18.2 Å². The van der Waals surface area contributed by atoms with Gasteiger partial charge in [0, 0.05) is 36.7 Å². The lowest BCUT2D eigenvalue weighted by Gasteiger charge is -2.71. The molecule has 12 atom stereocenters. The lowest BCUT2D eigenvalue weighted by Crippen LogP contribution is -2.70. The maximum atomic E-state index is 13.6. The molecule has 5 N–H and O–H groups in total. The number of carbonyl (C=O) groups is 4. The molecule has 5 rings (SSSR count). The topological polar surface area (TPSA) is 166 Å². The molecule has 0 aromatic heterocycles. The van der Waals surface area contributed by atoms with Crippen LogP contribution in [0.15, 0.2) is 11.6 Å². The van der Waals surface area contributed by atoms with E-state index in [9.17, 15) is 24.3 Å². The maximum Gasteiger partial charge on any atom is 0.323 e. The molecule has 300 valence electrons. The number of unbranched alkanes of at least 4 members (excludes halogenated alkanes) is 1. The maximum absolute atomic E-state index is 13.6. The van der Waals surface area contributed by atoms with Gasteiger partial charge in [-0.05, 0) is 97.7 Å². The Morgan fingerprint density at radius 2 is 1.70 bits per heavy atom. The number of alkyl halides is 1. The number of aliphatic carboxylic acids is 1. The number of nitrogens with one attached hydrogen (secondary N) is 2. The number of fused-ring (bicyclic) bond motifs is 3. The highest BCUT2D eigenvalue weighted by Crippen LogP contribution is 2.75. The van der Waals surface area contributed by atoms with Gasteiger partial charge < -0.3 is 35.7 Å². The molecular weight excluding hydrogens is 698 g/mol. The molecule has 1 saturated heterocycles. The van der Waals surface area contributed by atoms with Gasteiger partial charge in [0.15, 0.2) is 0 Å². The number of carbonyl (C=O) groups excluding carboxylic acids is 3. The largest absolute Gasteiger partial charge is 0.481 e. The second kappa shape index (κ2) is 15.6. The van der Waals surface area contributed by atoms with Gasteiger partial charge in [0.05, 0.1) is 19.1 Å². The highest BCUT2D eigenvalue weighted by molar-refractivity contribution is 6.18. The van der Waals surface area contributed by atoms with Gasteiger partial charge in [-0.25, -0.2) is 4.79 Å². The zero-order valence-electron chi connectivity index (χ0n) is 33.4. The van der Waals surface area contributed by atoms with Crippen molar-refractivity contribution in [3.8, 4) is 0 Å². The highest BCUT2D eigenvalue weighted by Gasteiger charge is 2.72. The number of hydrogen-bond acceptors (Lipinski definition) is 8. The molecule has 3 saturated carbocycles. The quantitative estimate of drug-likeness (QED) is 0.0714. The van der Waals surface area contributed by atoms with Gasteiger partial charge >= 0.3 is 23.9 Å². The number of halogens is 1. The number of ether oxygens (including phenoxy) is 3. The average molecular weight is 764 g/mol. The number of rotatable bonds is 13. The Balaban J connectivity index is 1.40. The zero-order chi connectivity index (χ0) is 39.1. The summed E-state index contributed by atoms with van der Waals surface area (Å²) in [5.74, 6) is -0.910. The third kappa shape index (κ3) is 7.13. The molecule has 4 aliphatic carbocycles. The van der Waals surface area contributed by atoms with Crippen molar-refractivity contribution < 1.29 is 38.5 Å². The highest BCUT2D eigenvalue weighted by atomic mass is 35.5. The van der Waals surface area contributed by atoms with E-state index < -0.39 is 58.3 Å². The summed E-state index contributed by atoms with van der Waals surface area (Å²) in [6, 6.07) is -1.16. The minimum Gasteiger partial charge on any atom is -0.481 e. The van der Waals surface area contributed by atoms with Crippen LogP contribution >= 0.6 is 11.6 Å². The molecule has 2 amide bonds. The first-order chi connectivity index (χ1) is 24.8. The van der Waals surface area contributed by atoms with Crippen LogP contribution < -0.4 is 16.4 Å². The van der Waals surface area contributed by atoms with E-state index >= 15 is 0 Å². The van der Waals surface area contributed by atoms with Crippen molar-refractivity contribution in [1.82, 2.24) is 10.6 Å². The van der Waals surface area contributed by atoms with Crippen LogP contribution in [0.25, 0.3) is 0 Å². The van der Waals surface area contributed by atoms with E-state index in [-0.39, 0.29) is 34.6 Å². The Labute approximate surface area is 321 Å². The molecule has 0 radical (unpaired) electrons. The van der Waals surface area contributed by atoms with Crippen molar-refractivity contribution in [3.05, 3.63) is 11.6 Å². The fourth-order valence-corrected chi connectivity index (χ4v) is 12.4. The Morgan fingerprint density at radius 3 is 2.34 bits per heavy atom. The summed E-state index contributed by atoms with van der Waals surface area (Å²) in [7, 11) is 0. The summed E-state index contributed by atoms with van der Waals surface area (Å²) < 4.78 is 18.9. The number of esters is 2. The Kier molecular flexibility index (Phi) is 12.3. The van der Waals surface area contributed by atoms with E-state index in [2.05, 4.69) is 65.2 Å². The summed E-state index contributed by atoms with van der Waals surface area (Å²) in [5.41, 5.74) is 5.60. The fourth-order valence-electron chi connectivity index (χ4n) is 12.3. The standard InChI is InChI=1S/C41H66ClN3O8/c1-24(2)25(3)37(5)16-17-39(7)27-12-13-31-38(6)22-51-23-41(31,28(27)14-15-40(39,8)32(37)34(47)48)21-30(52-26(4)46)33(38)53-35(49)29(43)11-9-10-19-44-36(50)45-20-18-42/h14,24-25,27,29-33H,9-13,15-23,43H2,1-8H3,(H,47,48)(H2,44,45,50)/t25-,27+,29?,30-,31+,32-,33+,37-,38-,39-,40+,41-/m1/s1. The number of nitrogens with two attached hydrogens (primary N) is 1. The molecule has 4 fully saturated rings. The first-order valence-electron chi connectivity index (χ1n) is 20.0. The number of urea groups is 1. The van der Waals surface area contributed by atoms with Gasteiger partial charge in [-0.3, -0.25) is 14.4 Å². The molecule has 2 bridgehead atoms. The minimum absolute atomic E-state index is 0.112. The summed E-state index contributed by atoms with van der Waals surface area (Å²) in [6.45, 7) is 18.6. The van der Waals surface area contributed by atoms with Gasteiger partial charge in [-0.2, -0.15) is 0 Å². The summed E-state index contributed by atoms with van der Waals surface area (Å²) >= 11 is 5.61. The SMILES string of the molecule is CC(=O)O[C@@H]1C[C@]23COC[C@](C)([C@@H]2CC[C@H]2C3=CC[C@@]3(C)[C@H](C(=O)O)[C@@](C)([C@H](C)C(C)C)CC[C@]23C)[C@H]1OC(=O)C(N)CCCCNC(=O)NCCCl. The van der Waals surface area contributed by atoms with Crippen LogP contribution in [0.1, 0.15) is 113 Å². The number of carboxylic acids is 1. The number of carboxylic acid groups (broad SMARTS) is 1. The molecule has 0 aromatic carbocycles. The van der Waals surface area contributed by atoms with Crippen LogP contribution in [0.4, 0.5) is 4.79 Å². The van der Waals surface area contributed by atoms with Crippen LogP contribution in [0.5, 0.6) is 0 Å². The van der Waals surface area contributed by atoms with Gasteiger partial charge in [0.25, 0.3) is 0 Å². The molecule has 12 heteroatoms. The molecule has 53 heavy (non-hydrogen) atoms. The van der Waals surface area contributed by atoms with Crippen LogP contribution in [-0.2, 0) is 28.6 Å². The number of amides is 2. The van der Waals surface area contributed by atoms with Crippen molar-refractivity contribution in [1.29, 1.82) is 0 Å². The number of allylic oxidation sites excluding steroid dienone is 1. The molecule has 5 aliphatic rings. The van der Waals surface area contributed by atoms with Gasteiger partial charge in [0.2, 0.25) is 0 Å². The molecule has 1 unspecified atom stereocenters. The minimum atomic E-state index is -0.871. The number of hydrogen-bond donors (Lipinski definition) is 4. The van der Waals surface area contributed by atoms with E-state index in [0.29, 0.717) is 70.2 Å². The lowest BCUT2D eigenvalue weighted by molar-refractivity contribution is -0.263. The third-order valence-electron chi connectivity index (χ3n) is 15.5. The van der Waals surface area contributed by atoms with E-state index in [0.717, 1.165) is 25.7 Å². The smallest absolute Gasteiger partial charge is 0.323 e. The summed E-state index contributed by atoms with van der Waals surface area (Å²) in [6.07, 6.45) is 7.32. The Hall–Kier alpha value is -2.37. The van der Waals surface area contributed by atoms with E-state index in [1.165, 1.54) is 12.5 Å². The predicted octanol–water partition coefficient (Wildman–Crippen LogP) is 6.45. The molecule has 0 spiro atoms. The fraction of sp³-hybridized carbons (Fsp3) is 0.854. The zero-order valence-corrected chi connectivity index (χ0v) is 34.1. The van der Waals surface area contributed by atoms with E-state index in [1.54, 1.807) is 0 Å². The monoisotopic (exact) mass is 763 g/mol. The van der Waals surface area contributed by atoms with Gasteiger partial charge in [-0.1, -0.05) is 60.1 Å². The van der Waals surface area contributed by atoms with E-state index in [4.69, 9.17) is 31.5 Å². The predicted molar refractivity (Wildman–Crippen MR) is 203 cm³/mol.